The van der Waals surface area contributed by atoms with Gasteiger partial charge in [0.25, 0.3) is 0 Å². The van der Waals surface area contributed by atoms with Crippen molar-refractivity contribution in [1.29, 1.82) is 0 Å². The predicted molar refractivity (Wildman–Crippen MR) is 99.7 cm³/mol. The highest BCUT2D eigenvalue weighted by atomic mass is 19.1. The molecule has 0 radical (unpaired) electrons. The van der Waals surface area contributed by atoms with Gasteiger partial charge in [0.05, 0.1) is 6.42 Å². The zero-order valence-electron chi connectivity index (χ0n) is 15.7. The van der Waals surface area contributed by atoms with E-state index in [0.29, 0.717) is 0 Å². The third kappa shape index (κ3) is 5.88. The second-order valence-corrected chi connectivity index (χ2v) is 6.88. The maximum atomic E-state index is 13.8. The summed E-state index contributed by atoms with van der Waals surface area (Å²) in [6, 6.07) is 11.8. The minimum absolute atomic E-state index is 0.0112. The van der Waals surface area contributed by atoms with Gasteiger partial charge >= 0.3 is 0 Å². The number of nitrogens with one attached hydrogen (secondary N) is 1. The van der Waals surface area contributed by atoms with Crippen LogP contribution in [-0.2, 0) is 22.6 Å². The molecule has 6 heteroatoms. The van der Waals surface area contributed by atoms with Crippen molar-refractivity contribution in [2.24, 2.45) is 5.92 Å². The van der Waals surface area contributed by atoms with Crippen LogP contribution in [0.2, 0.25) is 0 Å². The van der Waals surface area contributed by atoms with Crippen LogP contribution in [0.3, 0.4) is 0 Å². The molecule has 0 unspecified atom stereocenters. The molecule has 2 rings (SSSR count). The van der Waals surface area contributed by atoms with E-state index in [-0.39, 0.29) is 36.3 Å². The lowest BCUT2D eigenvalue weighted by Gasteiger charge is -2.27. The van der Waals surface area contributed by atoms with Gasteiger partial charge in [-0.05, 0) is 17.5 Å². The van der Waals surface area contributed by atoms with E-state index in [4.69, 9.17) is 0 Å². The van der Waals surface area contributed by atoms with E-state index < -0.39 is 17.7 Å². The zero-order valence-corrected chi connectivity index (χ0v) is 15.7. The van der Waals surface area contributed by atoms with E-state index in [1.54, 1.807) is 0 Å². The first-order chi connectivity index (χ1) is 12.8. The number of carbonyl (C=O) groups is 2. The number of hydrogen-bond donors (Lipinski definition) is 1. The predicted octanol–water partition coefficient (Wildman–Crippen LogP) is 3.31. The molecule has 4 nitrogen and oxygen atoms in total. The average Bonchev–Trinajstić information content (AvgIpc) is 2.62. The summed E-state index contributed by atoms with van der Waals surface area (Å²) in [6.45, 7) is 3.65. The van der Waals surface area contributed by atoms with Gasteiger partial charge in [-0.3, -0.25) is 9.59 Å². The topological polar surface area (TPSA) is 49.4 Å². The molecule has 0 aromatic heterocycles. The third-order valence-corrected chi connectivity index (χ3v) is 4.26. The molecule has 0 aliphatic rings. The Bertz CT molecular complexity index is 794. The fourth-order valence-electron chi connectivity index (χ4n) is 2.74. The smallest absolute Gasteiger partial charge is 0.245 e. The maximum absolute atomic E-state index is 13.8. The van der Waals surface area contributed by atoms with Crippen molar-refractivity contribution in [3.05, 3.63) is 71.3 Å². The molecule has 27 heavy (non-hydrogen) atoms. The maximum Gasteiger partial charge on any atom is 0.245 e. The molecule has 0 bridgehead atoms. The molecule has 144 valence electrons. The summed E-state index contributed by atoms with van der Waals surface area (Å²) < 4.78 is 26.9. The van der Waals surface area contributed by atoms with E-state index in [1.165, 1.54) is 18.0 Å². The number of halogens is 2. The Balaban J connectivity index is 2.03. The van der Waals surface area contributed by atoms with Crippen molar-refractivity contribution < 1.29 is 18.4 Å². The summed E-state index contributed by atoms with van der Waals surface area (Å²) in [7, 11) is 1.53. The Morgan fingerprint density at radius 3 is 2.33 bits per heavy atom. The molecule has 1 atom stereocenters. The summed E-state index contributed by atoms with van der Waals surface area (Å²) >= 11 is 0. The van der Waals surface area contributed by atoms with Crippen LogP contribution in [0, 0.1) is 17.6 Å². The van der Waals surface area contributed by atoms with E-state index in [0.717, 1.165) is 17.7 Å². The summed E-state index contributed by atoms with van der Waals surface area (Å²) in [5.41, 5.74) is 1.07. The Morgan fingerprint density at radius 1 is 1.07 bits per heavy atom. The van der Waals surface area contributed by atoms with Gasteiger partial charge in [0, 0.05) is 25.2 Å². The normalized spacial score (nSPS) is 11.9. The minimum atomic E-state index is -0.727. The second kappa shape index (κ2) is 9.26. The van der Waals surface area contributed by atoms with Crippen molar-refractivity contribution >= 4 is 11.8 Å². The number of rotatable bonds is 7. The van der Waals surface area contributed by atoms with Gasteiger partial charge in [-0.1, -0.05) is 50.2 Å². The Hall–Kier alpha value is -2.76. The largest absolute Gasteiger partial charge is 0.344 e. The molecule has 0 saturated carbocycles. The standard InChI is InChI=1S/C21H24F2N2O2/c1-14(2)20(24-19(26)11-15-7-5-4-6-8-15)21(27)25(3)13-16-9-10-17(22)12-18(16)23/h4-10,12,14,20H,11,13H2,1-3H3,(H,24,26)/t20-/m1/s1. The lowest BCUT2D eigenvalue weighted by atomic mass is 10.0. The average molecular weight is 374 g/mol. The van der Waals surface area contributed by atoms with Crippen molar-refractivity contribution in [2.45, 2.75) is 32.9 Å². The third-order valence-electron chi connectivity index (χ3n) is 4.26. The monoisotopic (exact) mass is 374 g/mol. The van der Waals surface area contributed by atoms with Crippen LogP contribution in [0.15, 0.2) is 48.5 Å². The Morgan fingerprint density at radius 2 is 1.74 bits per heavy atom. The highest BCUT2D eigenvalue weighted by Crippen LogP contribution is 2.14. The number of benzene rings is 2. The van der Waals surface area contributed by atoms with Gasteiger partial charge in [-0.2, -0.15) is 0 Å². The minimum Gasteiger partial charge on any atom is -0.344 e. The molecule has 2 aromatic rings. The van der Waals surface area contributed by atoms with E-state index in [1.807, 2.05) is 44.2 Å². The summed E-state index contributed by atoms with van der Waals surface area (Å²) in [6.07, 6.45) is 0.174. The lowest BCUT2D eigenvalue weighted by Crippen LogP contribution is -2.50. The van der Waals surface area contributed by atoms with Gasteiger partial charge < -0.3 is 10.2 Å². The fourth-order valence-corrected chi connectivity index (χ4v) is 2.74. The summed E-state index contributed by atoms with van der Waals surface area (Å²) in [4.78, 5) is 26.4. The molecule has 0 saturated heterocycles. The SMILES string of the molecule is CC(C)[C@@H](NC(=O)Cc1ccccc1)C(=O)N(C)Cc1ccc(F)cc1F. The van der Waals surface area contributed by atoms with Gasteiger partial charge in [-0.25, -0.2) is 8.78 Å². The van der Waals surface area contributed by atoms with Crippen LogP contribution in [0.4, 0.5) is 8.78 Å². The number of likely N-dealkylation sites (N-methyl/N-ethyl adjacent to an activating group) is 1. The molecule has 0 fully saturated rings. The van der Waals surface area contributed by atoms with Crippen LogP contribution >= 0.6 is 0 Å². The molecule has 0 spiro atoms. The number of carbonyl (C=O) groups excluding carboxylic acids is 2. The fraction of sp³-hybridized carbons (Fsp3) is 0.333. The van der Waals surface area contributed by atoms with Crippen molar-refractivity contribution in [3.8, 4) is 0 Å². The van der Waals surface area contributed by atoms with Crippen molar-refractivity contribution in [1.82, 2.24) is 10.2 Å². The van der Waals surface area contributed by atoms with Crippen molar-refractivity contribution in [2.75, 3.05) is 7.05 Å². The highest BCUT2D eigenvalue weighted by molar-refractivity contribution is 5.88. The molecule has 1 N–H and O–H groups in total. The molecular weight excluding hydrogens is 350 g/mol. The molecule has 2 amide bonds. The van der Waals surface area contributed by atoms with Crippen LogP contribution in [0.1, 0.15) is 25.0 Å². The Labute approximate surface area is 158 Å². The van der Waals surface area contributed by atoms with Crippen LogP contribution < -0.4 is 5.32 Å². The van der Waals surface area contributed by atoms with E-state index in [9.17, 15) is 18.4 Å². The quantitative estimate of drug-likeness (QED) is 0.808. The zero-order chi connectivity index (χ0) is 20.0. The lowest BCUT2D eigenvalue weighted by molar-refractivity contribution is -0.137. The first-order valence-electron chi connectivity index (χ1n) is 8.80. The van der Waals surface area contributed by atoms with Gasteiger partial charge in [0.1, 0.15) is 17.7 Å². The van der Waals surface area contributed by atoms with E-state index in [2.05, 4.69) is 5.32 Å². The molecular formula is C21H24F2N2O2. The first-order valence-corrected chi connectivity index (χ1v) is 8.80. The van der Waals surface area contributed by atoms with Crippen molar-refractivity contribution in [3.63, 3.8) is 0 Å². The molecule has 0 heterocycles. The summed E-state index contributed by atoms with van der Waals surface area (Å²) in [5.74, 6) is -2.09. The molecule has 0 aliphatic heterocycles. The molecule has 2 aromatic carbocycles. The summed E-state index contributed by atoms with van der Waals surface area (Å²) in [5, 5.41) is 2.77. The first kappa shape index (κ1) is 20.6. The highest BCUT2D eigenvalue weighted by Gasteiger charge is 2.27. The second-order valence-electron chi connectivity index (χ2n) is 6.88. The number of hydrogen-bond acceptors (Lipinski definition) is 2. The van der Waals surface area contributed by atoms with Crippen LogP contribution in [-0.4, -0.2) is 29.8 Å². The van der Waals surface area contributed by atoms with Crippen LogP contribution in [0.5, 0.6) is 0 Å². The van der Waals surface area contributed by atoms with Gasteiger partial charge in [0.15, 0.2) is 0 Å². The van der Waals surface area contributed by atoms with Crippen LogP contribution in [0.25, 0.3) is 0 Å². The molecule has 0 aliphatic carbocycles. The van der Waals surface area contributed by atoms with E-state index >= 15 is 0 Å². The van der Waals surface area contributed by atoms with Gasteiger partial charge in [-0.15, -0.1) is 0 Å². The van der Waals surface area contributed by atoms with Gasteiger partial charge in [0.2, 0.25) is 11.8 Å². The number of nitrogens with zero attached hydrogens (tertiary/aromatic N) is 1. The Kier molecular flexibility index (Phi) is 7.05. The number of amides is 2.